The summed E-state index contributed by atoms with van der Waals surface area (Å²) in [7, 11) is 1.75. The summed E-state index contributed by atoms with van der Waals surface area (Å²) in [6.45, 7) is 3.21. The molecule has 0 radical (unpaired) electrons. The Morgan fingerprint density at radius 3 is 2.95 bits per heavy atom. The van der Waals surface area contributed by atoms with Crippen LogP contribution in [0.15, 0.2) is 12.4 Å². The van der Waals surface area contributed by atoms with Crippen molar-refractivity contribution in [3.63, 3.8) is 0 Å². The van der Waals surface area contributed by atoms with Gasteiger partial charge in [0.1, 0.15) is 11.5 Å². The first kappa shape index (κ1) is 14.1. The minimum absolute atomic E-state index is 0.0562. The topological polar surface area (TPSA) is 66.8 Å². The maximum Gasteiger partial charge on any atom is 0.273 e. The van der Waals surface area contributed by atoms with E-state index in [1.165, 1.54) is 0 Å². The Hall–Kier alpha value is -1.82. The summed E-state index contributed by atoms with van der Waals surface area (Å²) in [5, 5.41) is 4.66. The summed E-state index contributed by atoms with van der Waals surface area (Å²) in [4.78, 5) is 22.0. The lowest BCUT2D eigenvalue weighted by Crippen LogP contribution is -2.40. The van der Waals surface area contributed by atoms with Crippen molar-refractivity contribution < 1.29 is 4.79 Å². The van der Waals surface area contributed by atoms with Gasteiger partial charge in [0.15, 0.2) is 0 Å². The number of carbonyl (C=O) groups excluding carboxylic acids is 1. The highest BCUT2D eigenvalue weighted by atomic mass is 35.5. The average molecular weight is 308 g/mol. The molecule has 0 aromatic carbocycles. The lowest BCUT2D eigenvalue weighted by Gasteiger charge is -2.31. The van der Waals surface area contributed by atoms with Crippen molar-refractivity contribution in [1.82, 2.24) is 24.6 Å². The molecule has 1 fully saturated rings. The van der Waals surface area contributed by atoms with E-state index in [1.54, 1.807) is 24.9 Å². The zero-order chi connectivity index (χ0) is 15.0. The Labute approximate surface area is 128 Å². The van der Waals surface area contributed by atoms with Gasteiger partial charge in [0, 0.05) is 38.4 Å². The number of piperidine rings is 1. The van der Waals surface area contributed by atoms with Gasteiger partial charge in [-0.15, -0.1) is 0 Å². The fraction of sp³-hybridized carbons (Fsp3) is 0.500. The number of hydrogen-bond acceptors (Lipinski definition) is 3. The molecule has 7 heteroatoms. The van der Waals surface area contributed by atoms with Crippen LogP contribution in [0, 0.1) is 6.92 Å². The van der Waals surface area contributed by atoms with Gasteiger partial charge in [0.2, 0.25) is 0 Å². The van der Waals surface area contributed by atoms with Gasteiger partial charge in [-0.2, -0.15) is 5.10 Å². The third kappa shape index (κ3) is 2.55. The summed E-state index contributed by atoms with van der Waals surface area (Å²) in [5.74, 6) is 1.14. The van der Waals surface area contributed by atoms with E-state index >= 15 is 0 Å². The molecule has 1 N–H and O–H groups in total. The summed E-state index contributed by atoms with van der Waals surface area (Å²) in [5.41, 5.74) is 1.15. The first-order chi connectivity index (χ1) is 10.1. The van der Waals surface area contributed by atoms with Crippen molar-refractivity contribution >= 4 is 17.5 Å². The van der Waals surface area contributed by atoms with Crippen molar-refractivity contribution in [3.8, 4) is 0 Å². The first-order valence-corrected chi connectivity index (χ1v) is 7.43. The predicted molar refractivity (Wildman–Crippen MR) is 79.4 cm³/mol. The number of carbonyl (C=O) groups is 1. The second-order valence-corrected chi connectivity index (χ2v) is 5.81. The molecule has 21 heavy (non-hydrogen) atoms. The quantitative estimate of drug-likeness (QED) is 0.924. The van der Waals surface area contributed by atoms with Crippen molar-refractivity contribution in [2.75, 3.05) is 13.1 Å². The Balaban J connectivity index is 1.81. The van der Waals surface area contributed by atoms with Crippen LogP contribution in [0.3, 0.4) is 0 Å². The Kier molecular flexibility index (Phi) is 3.71. The summed E-state index contributed by atoms with van der Waals surface area (Å²) >= 11 is 6.21. The number of hydrogen-bond donors (Lipinski definition) is 1. The van der Waals surface area contributed by atoms with Gasteiger partial charge in [0.05, 0.1) is 10.7 Å². The molecule has 1 saturated heterocycles. The molecule has 1 amide bonds. The summed E-state index contributed by atoms with van der Waals surface area (Å²) in [6.07, 6.45) is 5.57. The van der Waals surface area contributed by atoms with E-state index in [0.29, 0.717) is 23.0 Å². The molecular weight excluding hydrogens is 290 g/mol. The number of aryl methyl sites for hydroxylation is 2. The van der Waals surface area contributed by atoms with Crippen molar-refractivity contribution in [2.45, 2.75) is 25.7 Å². The highest BCUT2D eigenvalue weighted by molar-refractivity contribution is 6.34. The van der Waals surface area contributed by atoms with E-state index in [1.807, 2.05) is 11.1 Å². The number of nitrogens with one attached hydrogen (secondary N) is 1. The number of aromatic amines is 1. The van der Waals surface area contributed by atoms with Crippen molar-refractivity contribution in [3.05, 3.63) is 34.6 Å². The van der Waals surface area contributed by atoms with Crippen LogP contribution in [-0.2, 0) is 7.05 Å². The molecule has 1 atom stereocenters. The van der Waals surface area contributed by atoms with Crippen molar-refractivity contribution in [1.29, 1.82) is 0 Å². The number of nitrogens with zero attached hydrogens (tertiary/aromatic N) is 4. The zero-order valence-corrected chi connectivity index (χ0v) is 12.9. The van der Waals surface area contributed by atoms with Gasteiger partial charge < -0.3 is 9.88 Å². The third-order valence-corrected chi connectivity index (χ3v) is 4.42. The van der Waals surface area contributed by atoms with E-state index in [9.17, 15) is 4.79 Å². The average Bonchev–Trinajstić information content (AvgIpc) is 3.08. The molecule has 0 bridgehead atoms. The maximum atomic E-state index is 12.7. The number of amides is 1. The van der Waals surface area contributed by atoms with Crippen LogP contribution in [0.1, 0.15) is 40.8 Å². The predicted octanol–water partition coefficient (Wildman–Crippen LogP) is 2.12. The molecular formula is C14H18ClN5O. The molecule has 3 heterocycles. The monoisotopic (exact) mass is 307 g/mol. The second kappa shape index (κ2) is 5.52. The van der Waals surface area contributed by atoms with Gasteiger partial charge in [-0.05, 0) is 19.8 Å². The molecule has 2 aromatic heterocycles. The van der Waals surface area contributed by atoms with Gasteiger partial charge in [0.25, 0.3) is 5.91 Å². The van der Waals surface area contributed by atoms with Crippen LogP contribution in [-0.4, -0.2) is 43.6 Å². The van der Waals surface area contributed by atoms with E-state index in [-0.39, 0.29) is 11.8 Å². The largest absolute Gasteiger partial charge is 0.348 e. The van der Waals surface area contributed by atoms with Gasteiger partial charge in [-0.25, -0.2) is 4.98 Å². The van der Waals surface area contributed by atoms with E-state index in [2.05, 4.69) is 15.1 Å². The molecule has 0 unspecified atom stereocenters. The zero-order valence-electron chi connectivity index (χ0n) is 12.1. The number of imidazole rings is 1. The van der Waals surface area contributed by atoms with E-state index in [0.717, 1.165) is 25.2 Å². The summed E-state index contributed by atoms with van der Waals surface area (Å²) in [6, 6.07) is 0. The molecule has 0 saturated carbocycles. The minimum atomic E-state index is -0.0562. The van der Waals surface area contributed by atoms with E-state index in [4.69, 9.17) is 11.6 Å². The van der Waals surface area contributed by atoms with E-state index < -0.39 is 0 Å². The number of H-pyrrole nitrogens is 1. The van der Waals surface area contributed by atoms with Gasteiger partial charge in [-0.1, -0.05) is 11.6 Å². The Morgan fingerprint density at radius 2 is 2.33 bits per heavy atom. The third-order valence-electron chi connectivity index (χ3n) is 3.97. The molecule has 112 valence electrons. The molecule has 2 aromatic rings. The summed E-state index contributed by atoms with van der Waals surface area (Å²) < 4.78 is 1.57. The minimum Gasteiger partial charge on any atom is -0.348 e. The highest BCUT2D eigenvalue weighted by Crippen LogP contribution is 2.27. The Morgan fingerprint density at radius 1 is 1.52 bits per heavy atom. The molecule has 1 aliphatic rings. The fourth-order valence-corrected chi connectivity index (χ4v) is 3.14. The van der Waals surface area contributed by atoms with Crippen LogP contribution in [0.4, 0.5) is 0 Å². The number of likely N-dealkylation sites (tertiary alicyclic amines) is 1. The number of rotatable bonds is 2. The molecule has 0 aliphatic carbocycles. The second-order valence-electron chi connectivity index (χ2n) is 5.44. The molecule has 3 rings (SSSR count). The molecule has 0 spiro atoms. The molecule has 6 nitrogen and oxygen atoms in total. The maximum absolute atomic E-state index is 12.7. The highest BCUT2D eigenvalue weighted by Gasteiger charge is 2.30. The first-order valence-electron chi connectivity index (χ1n) is 7.05. The van der Waals surface area contributed by atoms with Crippen LogP contribution < -0.4 is 0 Å². The smallest absolute Gasteiger partial charge is 0.273 e. The van der Waals surface area contributed by atoms with Crippen LogP contribution in [0.25, 0.3) is 0 Å². The van der Waals surface area contributed by atoms with Crippen LogP contribution in [0.2, 0.25) is 5.02 Å². The number of halogens is 1. The molecule has 1 aliphatic heterocycles. The Bertz CT molecular complexity index is 649. The van der Waals surface area contributed by atoms with Crippen LogP contribution >= 0.6 is 11.6 Å². The fourth-order valence-electron chi connectivity index (χ4n) is 2.90. The van der Waals surface area contributed by atoms with Gasteiger partial charge >= 0.3 is 0 Å². The SMILES string of the molecule is Cc1nn(C)c(C(=O)N2CCC[C@H](c3ncc[nH]3)C2)c1Cl. The van der Waals surface area contributed by atoms with Crippen molar-refractivity contribution in [2.24, 2.45) is 7.05 Å². The number of aromatic nitrogens is 4. The standard InChI is InChI=1S/C14H18ClN5O/c1-9-11(15)12(19(2)18-9)14(21)20-7-3-4-10(8-20)13-16-5-6-17-13/h5-6,10H,3-4,7-8H2,1-2H3,(H,16,17)/t10-/m0/s1. The lowest BCUT2D eigenvalue weighted by atomic mass is 9.97. The van der Waals surface area contributed by atoms with Gasteiger partial charge in [-0.3, -0.25) is 9.48 Å². The normalized spacial score (nSPS) is 19.0. The van der Waals surface area contributed by atoms with Crippen LogP contribution in [0.5, 0.6) is 0 Å². The lowest BCUT2D eigenvalue weighted by molar-refractivity contribution is 0.0694.